The maximum atomic E-state index is 12.1. The van der Waals surface area contributed by atoms with Gasteiger partial charge in [0.15, 0.2) is 5.76 Å². The second-order valence-corrected chi connectivity index (χ2v) is 5.51. The average Bonchev–Trinajstić information content (AvgIpc) is 2.49. The van der Waals surface area contributed by atoms with Gasteiger partial charge in [-0.2, -0.15) is 0 Å². The van der Waals surface area contributed by atoms with E-state index in [0.717, 1.165) is 0 Å². The van der Waals surface area contributed by atoms with Gasteiger partial charge in [0.25, 0.3) is 0 Å². The number of hydrogen-bond acceptors (Lipinski definition) is 4. The second kappa shape index (κ2) is 3.00. The first kappa shape index (κ1) is 10.6. The minimum atomic E-state index is -0.603. The summed E-state index contributed by atoms with van der Waals surface area (Å²) in [6, 6.07) is 0. The molecular weight excluding hydrogens is 232 g/mol. The quantitative estimate of drug-likeness (QED) is 0.648. The van der Waals surface area contributed by atoms with Crippen molar-refractivity contribution in [3.8, 4) is 0 Å². The van der Waals surface area contributed by atoms with Crippen LogP contribution in [0.4, 0.5) is 0 Å². The highest BCUT2D eigenvalue weighted by atomic mass is 35.5. The van der Waals surface area contributed by atoms with Crippen LogP contribution in [0.25, 0.3) is 0 Å². The lowest BCUT2D eigenvalue weighted by atomic mass is 9.54. The Morgan fingerprint density at radius 2 is 2.38 bits per heavy atom. The van der Waals surface area contributed by atoms with E-state index >= 15 is 0 Å². The third-order valence-corrected chi connectivity index (χ3v) is 4.48. The SMILES string of the molecule is COC1=C[C@]23OCOC[C@H]2[C@@](C)(Cl)[C@@H]3C1=O. The molecule has 0 N–H and O–H groups in total. The lowest BCUT2D eigenvalue weighted by molar-refractivity contribution is -0.275. The fraction of sp³-hybridized carbons (Fsp3) is 0.727. The molecule has 16 heavy (non-hydrogen) atoms. The summed E-state index contributed by atoms with van der Waals surface area (Å²) in [7, 11) is 1.49. The highest BCUT2D eigenvalue weighted by molar-refractivity contribution is 6.28. The molecule has 0 unspecified atom stereocenters. The van der Waals surface area contributed by atoms with Gasteiger partial charge in [0.2, 0.25) is 5.78 Å². The van der Waals surface area contributed by atoms with E-state index in [-0.39, 0.29) is 24.4 Å². The van der Waals surface area contributed by atoms with E-state index in [1.165, 1.54) is 7.11 Å². The Morgan fingerprint density at radius 3 is 3.06 bits per heavy atom. The van der Waals surface area contributed by atoms with Crippen LogP contribution in [0.2, 0.25) is 0 Å². The molecule has 3 rings (SSSR count). The standard InChI is InChI=1S/C11H13ClO4/c1-10(12)7-4-15-5-16-11(7)3-6(14-2)8(13)9(10)11/h3,7,9H,4-5H2,1-2H3/t7-,9-,10+,11-/m0/s1. The van der Waals surface area contributed by atoms with Crippen molar-refractivity contribution < 1.29 is 19.0 Å². The van der Waals surface area contributed by atoms with Crippen molar-refractivity contribution in [2.24, 2.45) is 11.8 Å². The lowest BCUT2D eigenvalue weighted by Crippen LogP contribution is -2.73. The summed E-state index contributed by atoms with van der Waals surface area (Å²) in [5.74, 6) is -0.0260. The van der Waals surface area contributed by atoms with Crippen molar-refractivity contribution in [1.82, 2.24) is 0 Å². The number of allylic oxidation sites excluding steroid dienone is 1. The first-order valence-corrected chi connectivity index (χ1v) is 5.63. The van der Waals surface area contributed by atoms with Crippen LogP contribution in [-0.4, -0.2) is 36.8 Å². The third-order valence-electron chi connectivity index (χ3n) is 4.00. The van der Waals surface area contributed by atoms with Crippen LogP contribution >= 0.6 is 11.6 Å². The van der Waals surface area contributed by atoms with E-state index in [1.807, 2.05) is 6.92 Å². The topological polar surface area (TPSA) is 44.8 Å². The highest BCUT2D eigenvalue weighted by Gasteiger charge is 2.75. The molecule has 1 aliphatic heterocycles. The van der Waals surface area contributed by atoms with E-state index < -0.39 is 10.5 Å². The number of rotatable bonds is 1. The second-order valence-electron chi connectivity index (χ2n) is 4.70. The van der Waals surface area contributed by atoms with Crippen molar-refractivity contribution in [2.75, 3.05) is 20.5 Å². The van der Waals surface area contributed by atoms with E-state index in [9.17, 15) is 4.79 Å². The lowest BCUT2D eigenvalue weighted by Gasteiger charge is -2.61. The minimum absolute atomic E-state index is 0.0111. The Labute approximate surface area is 98.5 Å². The zero-order valence-corrected chi connectivity index (χ0v) is 9.91. The van der Waals surface area contributed by atoms with E-state index in [4.69, 9.17) is 25.8 Å². The number of ether oxygens (including phenoxy) is 3. The Bertz CT molecular complexity index is 389. The van der Waals surface area contributed by atoms with Crippen LogP contribution in [0, 0.1) is 11.8 Å². The maximum absolute atomic E-state index is 12.1. The summed E-state index contributed by atoms with van der Waals surface area (Å²) in [6.45, 7) is 2.60. The molecule has 1 saturated heterocycles. The molecule has 5 heteroatoms. The molecule has 0 aromatic rings. The molecule has 0 bridgehead atoms. The molecule has 4 atom stereocenters. The molecule has 1 heterocycles. The van der Waals surface area contributed by atoms with Crippen molar-refractivity contribution in [3.05, 3.63) is 11.8 Å². The number of Topliss-reactive ketones (excluding diaryl/α,β-unsaturated/α-hetero) is 1. The molecule has 3 aliphatic rings. The molecule has 2 aliphatic carbocycles. The molecule has 1 saturated carbocycles. The number of ketones is 1. The maximum Gasteiger partial charge on any atom is 0.205 e. The van der Waals surface area contributed by atoms with Gasteiger partial charge in [-0.1, -0.05) is 0 Å². The van der Waals surface area contributed by atoms with Gasteiger partial charge in [-0.25, -0.2) is 0 Å². The van der Waals surface area contributed by atoms with Crippen molar-refractivity contribution in [1.29, 1.82) is 0 Å². The number of hydrogen-bond donors (Lipinski definition) is 0. The normalized spacial score (nSPS) is 50.2. The predicted octanol–water partition coefficient (Wildman–Crippen LogP) is 1.09. The van der Waals surface area contributed by atoms with Crippen molar-refractivity contribution in [3.63, 3.8) is 0 Å². The molecule has 0 radical (unpaired) electrons. The van der Waals surface area contributed by atoms with Gasteiger partial charge in [-0.05, 0) is 13.0 Å². The monoisotopic (exact) mass is 244 g/mol. The summed E-state index contributed by atoms with van der Waals surface area (Å²) in [6.07, 6.45) is 1.78. The van der Waals surface area contributed by atoms with Gasteiger partial charge in [0, 0.05) is 5.92 Å². The van der Waals surface area contributed by atoms with Crippen LogP contribution in [0.3, 0.4) is 0 Å². The summed E-state index contributed by atoms with van der Waals surface area (Å²) < 4.78 is 16.0. The Morgan fingerprint density at radius 1 is 1.62 bits per heavy atom. The molecule has 0 aromatic carbocycles. The number of carbonyl (C=O) groups is 1. The van der Waals surface area contributed by atoms with Gasteiger partial charge in [-0.15, -0.1) is 11.6 Å². The minimum Gasteiger partial charge on any atom is -0.493 e. The molecule has 2 fully saturated rings. The van der Waals surface area contributed by atoms with Crippen molar-refractivity contribution in [2.45, 2.75) is 17.4 Å². The molecule has 88 valence electrons. The van der Waals surface area contributed by atoms with Crippen LogP contribution in [-0.2, 0) is 19.0 Å². The summed E-state index contributed by atoms with van der Waals surface area (Å²) in [5, 5.41) is 0. The Kier molecular flexibility index (Phi) is 1.98. The smallest absolute Gasteiger partial charge is 0.205 e. The fourth-order valence-corrected chi connectivity index (χ4v) is 3.74. The van der Waals surface area contributed by atoms with Gasteiger partial charge in [0.1, 0.15) is 12.4 Å². The Balaban J connectivity index is 2.05. The number of methoxy groups -OCH3 is 1. The van der Waals surface area contributed by atoms with Crippen LogP contribution in [0.15, 0.2) is 11.8 Å². The van der Waals surface area contributed by atoms with E-state index in [0.29, 0.717) is 12.4 Å². The summed E-state index contributed by atoms with van der Waals surface area (Å²) in [4.78, 5) is 11.5. The zero-order chi connectivity index (χ0) is 11.6. The first-order valence-electron chi connectivity index (χ1n) is 5.25. The van der Waals surface area contributed by atoms with Crippen LogP contribution in [0.1, 0.15) is 6.92 Å². The summed E-state index contributed by atoms with van der Waals surface area (Å²) in [5.41, 5.74) is -0.586. The molecule has 4 nitrogen and oxygen atoms in total. The van der Waals surface area contributed by atoms with E-state index in [2.05, 4.69) is 0 Å². The summed E-state index contributed by atoms with van der Waals surface area (Å²) >= 11 is 6.42. The van der Waals surface area contributed by atoms with Crippen LogP contribution < -0.4 is 0 Å². The third kappa shape index (κ3) is 0.961. The fourth-order valence-electron chi connectivity index (χ4n) is 3.24. The van der Waals surface area contributed by atoms with Gasteiger partial charge in [0.05, 0.1) is 24.5 Å². The van der Waals surface area contributed by atoms with Gasteiger partial charge in [-0.3, -0.25) is 4.79 Å². The number of carbonyl (C=O) groups excluding carboxylic acids is 1. The van der Waals surface area contributed by atoms with Gasteiger partial charge >= 0.3 is 0 Å². The zero-order valence-electron chi connectivity index (χ0n) is 9.16. The molecule has 0 aromatic heterocycles. The average molecular weight is 245 g/mol. The van der Waals surface area contributed by atoms with Crippen molar-refractivity contribution >= 4 is 17.4 Å². The predicted molar refractivity (Wildman–Crippen MR) is 56.0 cm³/mol. The first-order chi connectivity index (χ1) is 7.54. The van der Waals surface area contributed by atoms with Crippen LogP contribution in [0.5, 0.6) is 0 Å². The van der Waals surface area contributed by atoms with E-state index in [1.54, 1.807) is 6.08 Å². The molecule has 0 amide bonds. The Hall–Kier alpha value is -0.580. The number of alkyl halides is 1. The molecular formula is C11H13ClO4. The highest BCUT2D eigenvalue weighted by Crippen LogP contribution is 2.63. The largest absolute Gasteiger partial charge is 0.493 e. The molecule has 1 spiro atoms. The number of halogens is 1. The van der Waals surface area contributed by atoms with Gasteiger partial charge < -0.3 is 14.2 Å².